The van der Waals surface area contributed by atoms with Crippen LogP contribution in [0, 0.1) is 0 Å². The van der Waals surface area contributed by atoms with Crippen molar-refractivity contribution in [2.24, 2.45) is 0 Å². The minimum Gasteiger partial charge on any atom is -0.370 e. The van der Waals surface area contributed by atoms with Gasteiger partial charge in [-0.3, -0.25) is 15.3 Å². The third-order valence-corrected chi connectivity index (χ3v) is 6.13. The van der Waals surface area contributed by atoms with Gasteiger partial charge in [0.2, 0.25) is 0 Å². The molecule has 3 heterocycles. The number of anilines is 1. The Morgan fingerprint density at radius 3 is 2.61 bits per heavy atom. The number of hydrogen-bond acceptors (Lipinski definition) is 4. The molecule has 0 spiro atoms. The van der Waals surface area contributed by atoms with Crippen molar-refractivity contribution in [3.8, 4) is 0 Å². The number of halogens is 1. The SMILES string of the molecule is Clc1ccccc1N1CC2=C3CN(Cc4ccccc4)CCCN3CC=C2N1. The second-order valence-electron chi connectivity index (χ2n) is 7.69. The first-order chi connectivity index (χ1) is 13.8. The molecule has 0 atom stereocenters. The smallest absolute Gasteiger partial charge is 0.0762 e. The van der Waals surface area contributed by atoms with E-state index in [0.29, 0.717) is 0 Å². The van der Waals surface area contributed by atoms with Crippen LogP contribution in [0.1, 0.15) is 12.0 Å². The molecule has 5 heteroatoms. The van der Waals surface area contributed by atoms with E-state index in [2.05, 4.69) is 62.7 Å². The van der Waals surface area contributed by atoms with Gasteiger partial charge >= 0.3 is 0 Å². The Bertz CT molecular complexity index is 921. The van der Waals surface area contributed by atoms with Gasteiger partial charge in [-0.05, 0) is 30.2 Å². The molecule has 1 N–H and O–H groups in total. The fourth-order valence-corrected chi connectivity index (χ4v) is 4.64. The quantitative estimate of drug-likeness (QED) is 0.851. The molecule has 3 aliphatic heterocycles. The standard InChI is InChI=1S/C23H25ClN4/c24-20-9-4-5-10-22(20)28-16-19-21(25-28)11-14-27-13-6-12-26(17-23(19)27)15-18-7-2-1-3-8-18/h1-5,7-11,25H,6,12-17H2. The fourth-order valence-electron chi connectivity index (χ4n) is 4.40. The molecule has 5 rings (SSSR count). The van der Waals surface area contributed by atoms with Crippen LogP contribution in [-0.4, -0.2) is 42.5 Å². The second kappa shape index (κ2) is 7.53. The normalized spacial score (nSPS) is 19.7. The van der Waals surface area contributed by atoms with Crippen molar-refractivity contribution in [1.82, 2.24) is 15.2 Å². The average Bonchev–Trinajstić information content (AvgIpc) is 3.04. The van der Waals surface area contributed by atoms with Crippen LogP contribution in [0.5, 0.6) is 0 Å². The molecular weight excluding hydrogens is 368 g/mol. The van der Waals surface area contributed by atoms with E-state index < -0.39 is 0 Å². The van der Waals surface area contributed by atoms with Crippen molar-refractivity contribution < 1.29 is 0 Å². The molecular formula is C23H25ClN4. The lowest BCUT2D eigenvalue weighted by Gasteiger charge is -2.30. The Labute approximate surface area is 171 Å². The van der Waals surface area contributed by atoms with Gasteiger partial charge in [-0.15, -0.1) is 0 Å². The summed E-state index contributed by atoms with van der Waals surface area (Å²) in [6, 6.07) is 18.8. The average molecular weight is 393 g/mol. The highest BCUT2D eigenvalue weighted by Crippen LogP contribution is 2.34. The van der Waals surface area contributed by atoms with Crippen LogP contribution >= 0.6 is 11.6 Å². The van der Waals surface area contributed by atoms with Gasteiger partial charge in [0.05, 0.1) is 23.0 Å². The van der Waals surface area contributed by atoms with E-state index in [-0.39, 0.29) is 0 Å². The van der Waals surface area contributed by atoms with E-state index in [0.717, 1.165) is 50.0 Å². The van der Waals surface area contributed by atoms with Gasteiger partial charge in [0.15, 0.2) is 0 Å². The van der Waals surface area contributed by atoms with E-state index >= 15 is 0 Å². The van der Waals surface area contributed by atoms with Crippen LogP contribution in [0.15, 0.2) is 77.6 Å². The molecule has 2 saturated heterocycles. The second-order valence-corrected chi connectivity index (χ2v) is 8.10. The summed E-state index contributed by atoms with van der Waals surface area (Å²) in [4.78, 5) is 5.14. The summed E-state index contributed by atoms with van der Waals surface area (Å²) >= 11 is 6.44. The lowest BCUT2D eigenvalue weighted by atomic mass is 10.1. The first-order valence-electron chi connectivity index (χ1n) is 10.0. The molecule has 2 fully saturated rings. The van der Waals surface area contributed by atoms with Crippen molar-refractivity contribution in [3.05, 3.63) is 88.2 Å². The monoisotopic (exact) mass is 392 g/mol. The highest BCUT2D eigenvalue weighted by atomic mass is 35.5. The molecule has 4 nitrogen and oxygen atoms in total. The van der Waals surface area contributed by atoms with Gasteiger partial charge in [-0.25, -0.2) is 0 Å². The Morgan fingerprint density at radius 2 is 1.75 bits per heavy atom. The maximum absolute atomic E-state index is 6.44. The van der Waals surface area contributed by atoms with Crippen molar-refractivity contribution in [3.63, 3.8) is 0 Å². The fraction of sp³-hybridized carbons (Fsp3) is 0.304. The number of fused-ring (bicyclic) bond motifs is 2. The van der Waals surface area contributed by atoms with Gasteiger partial charge in [-0.2, -0.15) is 0 Å². The molecule has 28 heavy (non-hydrogen) atoms. The van der Waals surface area contributed by atoms with E-state index in [1.807, 2.05) is 18.2 Å². The van der Waals surface area contributed by atoms with Crippen LogP contribution in [-0.2, 0) is 6.54 Å². The molecule has 0 unspecified atom stereocenters. The Hall–Kier alpha value is -2.43. The molecule has 0 amide bonds. The molecule has 0 aliphatic carbocycles. The Balaban J connectivity index is 1.42. The first kappa shape index (κ1) is 17.7. The Kier molecular flexibility index (Phi) is 4.75. The van der Waals surface area contributed by atoms with Crippen molar-refractivity contribution >= 4 is 17.3 Å². The van der Waals surface area contributed by atoms with Gasteiger partial charge in [0.1, 0.15) is 0 Å². The number of nitrogens with one attached hydrogen (secondary N) is 1. The molecule has 2 aromatic carbocycles. The number of para-hydroxylation sites is 1. The summed E-state index contributed by atoms with van der Waals surface area (Å²) in [6.07, 6.45) is 3.52. The maximum Gasteiger partial charge on any atom is 0.0762 e. The molecule has 144 valence electrons. The predicted molar refractivity (Wildman–Crippen MR) is 115 cm³/mol. The summed E-state index contributed by atoms with van der Waals surface area (Å²) in [5, 5.41) is 2.95. The lowest BCUT2D eigenvalue weighted by Crippen LogP contribution is -2.33. The summed E-state index contributed by atoms with van der Waals surface area (Å²) in [5.41, 5.74) is 10.1. The zero-order valence-corrected chi connectivity index (χ0v) is 16.7. The third-order valence-electron chi connectivity index (χ3n) is 5.81. The third kappa shape index (κ3) is 3.38. The summed E-state index contributed by atoms with van der Waals surface area (Å²) < 4.78 is 0. The number of hydrogen-bond donors (Lipinski definition) is 1. The molecule has 0 radical (unpaired) electrons. The van der Waals surface area contributed by atoms with Crippen molar-refractivity contribution in [1.29, 1.82) is 0 Å². The summed E-state index contributed by atoms with van der Waals surface area (Å²) in [5.74, 6) is 0. The number of benzene rings is 2. The van der Waals surface area contributed by atoms with Crippen LogP contribution in [0.2, 0.25) is 5.02 Å². The van der Waals surface area contributed by atoms with Gasteiger partial charge in [0.25, 0.3) is 0 Å². The number of nitrogens with zero attached hydrogens (tertiary/aromatic N) is 3. The largest absolute Gasteiger partial charge is 0.370 e. The molecule has 2 aromatic rings. The van der Waals surface area contributed by atoms with E-state index in [1.54, 1.807) is 0 Å². The topological polar surface area (TPSA) is 21.8 Å². The van der Waals surface area contributed by atoms with Crippen molar-refractivity contribution in [2.45, 2.75) is 13.0 Å². The summed E-state index contributed by atoms with van der Waals surface area (Å²) in [7, 11) is 0. The summed E-state index contributed by atoms with van der Waals surface area (Å²) in [6.45, 7) is 6.10. The van der Waals surface area contributed by atoms with Gasteiger partial charge < -0.3 is 4.90 Å². The van der Waals surface area contributed by atoms with Gasteiger partial charge in [-0.1, -0.05) is 54.1 Å². The zero-order chi connectivity index (χ0) is 18.9. The number of hydrazine groups is 1. The highest BCUT2D eigenvalue weighted by molar-refractivity contribution is 6.33. The van der Waals surface area contributed by atoms with Crippen LogP contribution in [0.3, 0.4) is 0 Å². The number of rotatable bonds is 3. The van der Waals surface area contributed by atoms with Gasteiger partial charge in [0, 0.05) is 44.0 Å². The van der Waals surface area contributed by atoms with E-state index in [9.17, 15) is 0 Å². The Morgan fingerprint density at radius 1 is 0.929 bits per heavy atom. The molecule has 0 bridgehead atoms. The molecule has 0 saturated carbocycles. The van der Waals surface area contributed by atoms with E-state index in [1.165, 1.54) is 29.0 Å². The maximum atomic E-state index is 6.44. The molecule has 0 aromatic heterocycles. The molecule has 3 aliphatic rings. The van der Waals surface area contributed by atoms with Crippen molar-refractivity contribution in [2.75, 3.05) is 37.7 Å². The van der Waals surface area contributed by atoms with Crippen LogP contribution < -0.4 is 10.4 Å². The first-order valence-corrected chi connectivity index (χ1v) is 10.4. The van der Waals surface area contributed by atoms with E-state index in [4.69, 9.17) is 11.6 Å². The van der Waals surface area contributed by atoms with Crippen LogP contribution in [0.4, 0.5) is 5.69 Å². The highest BCUT2D eigenvalue weighted by Gasteiger charge is 2.32. The minimum absolute atomic E-state index is 0.781. The van der Waals surface area contributed by atoms with Crippen LogP contribution in [0.25, 0.3) is 0 Å². The zero-order valence-electron chi connectivity index (χ0n) is 15.9. The lowest BCUT2D eigenvalue weighted by molar-refractivity contribution is 0.292. The predicted octanol–water partition coefficient (Wildman–Crippen LogP) is 4.02. The minimum atomic E-state index is 0.781.